The Morgan fingerprint density at radius 3 is 2.17 bits per heavy atom. The van der Waals surface area contributed by atoms with Crippen molar-refractivity contribution in [3.63, 3.8) is 0 Å². The van der Waals surface area contributed by atoms with E-state index in [-0.39, 0.29) is 6.42 Å². The molecule has 0 aromatic rings. The van der Waals surface area contributed by atoms with Crippen LogP contribution in [0.3, 0.4) is 0 Å². The van der Waals surface area contributed by atoms with Crippen molar-refractivity contribution in [1.82, 2.24) is 5.32 Å². The molecule has 0 bridgehead atoms. The number of carbonyl (C=O) groups excluding carboxylic acids is 1. The predicted octanol–water partition coefficient (Wildman–Crippen LogP) is 1.48. The van der Waals surface area contributed by atoms with E-state index < -0.39 is 29.2 Å². The molecular weight excluding hydrogens is 236 g/mol. The maximum absolute atomic E-state index is 11.7. The first kappa shape index (κ1) is 16.7. The van der Waals surface area contributed by atoms with Crippen LogP contribution in [0.15, 0.2) is 0 Å². The maximum atomic E-state index is 11.7. The van der Waals surface area contributed by atoms with E-state index in [1.807, 2.05) is 6.92 Å². The van der Waals surface area contributed by atoms with Gasteiger partial charge in [0.2, 0.25) is 0 Å². The molecule has 0 aromatic heterocycles. The van der Waals surface area contributed by atoms with E-state index in [9.17, 15) is 9.59 Å². The van der Waals surface area contributed by atoms with Gasteiger partial charge < -0.3 is 20.9 Å². The van der Waals surface area contributed by atoms with Gasteiger partial charge in [0.05, 0.1) is 12.0 Å². The molecule has 2 unspecified atom stereocenters. The first-order chi connectivity index (χ1) is 8.00. The van der Waals surface area contributed by atoms with Crippen LogP contribution in [0.2, 0.25) is 0 Å². The lowest BCUT2D eigenvalue weighted by molar-refractivity contribution is -0.138. The molecular formula is C12H24N2O4. The van der Waals surface area contributed by atoms with Crippen molar-refractivity contribution in [3.05, 3.63) is 0 Å². The molecule has 0 aliphatic carbocycles. The van der Waals surface area contributed by atoms with Crippen LogP contribution in [0, 0.1) is 0 Å². The highest BCUT2D eigenvalue weighted by molar-refractivity contribution is 5.73. The van der Waals surface area contributed by atoms with Gasteiger partial charge in [-0.3, -0.25) is 4.79 Å². The average molecular weight is 260 g/mol. The highest BCUT2D eigenvalue weighted by Crippen LogP contribution is 2.18. The molecule has 0 aliphatic heterocycles. The second kappa shape index (κ2) is 6.04. The molecule has 0 saturated carbocycles. The van der Waals surface area contributed by atoms with E-state index >= 15 is 0 Å². The minimum Gasteiger partial charge on any atom is -0.481 e. The van der Waals surface area contributed by atoms with Crippen LogP contribution in [0.4, 0.5) is 4.79 Å². The quantitative estimate of drug-likeness (QED) is 0.695. The second-order valence-corrected chi connectivity index (χ2v) is 5.63. The predicted molar refractivity (Wildman–Crippen MR) is 68.3 cm³/mol. The van der Waals surface area contributed by atoms with Gasteiger partial charge >= 0.3 is 12.1 Å². The Balaban J connectivity index is 4.79. The van der Waals surface area contributed by atoms with Gasteiger partial charge in [-0.25, -0.2) is 4.79 Å². The molecule has 0 radical (unpaired) electrons. The van der Waals surface area contributed by atoms with Crippen LogP contribution >= 0.6 is 0 Å². The smallest absolute Gasteiger partial charge is 0.408 e. The van der Waals surface area contributed by atoms with E-state index in [0.717, 1.165) is 0 Å². The van der Waals surface area contributed by atoms with Gasteiger partial charge in [-0.2, -0.15) is 0 Å². The maximum Gasteiger partial charge on any atom is 0.408 e. The highest BCUT2D eigenvalue weighted by Gasteiger charge is 2.36. The van der Waals surface area contributed by atoms with Crippen molar-refractivity contribution in [2.75, 3.05) is 0 Å². The lowest BCUT2D eigenvalue weighted by Crippen LogP contribution is -2.59. The number of amides is 1. The summed E-state index contributed by atoms with van der Waals surface area (Å²) in [7, 11) is 0. The second-order valence-electron chi connectivity index (χ2n) is 5.63. The molecule has 0 aliphatic rings. The summed E-state index contributed by atoms with van der Waals surface area (Å²) in [6.07, 6.45) is -0.351. The third kappa shape index (κ3) is 5.86. The Labute approximate surface area is 108 Å². The van der Waals surface area contributed by atoms with Crippen LogP contribution in [0.5, 0.6) is 0 Å². The molecule has 0 heterocycles. The number of nitrogens with one attached hydrogen (secondary N) is 1. The Morgan fingerprint density at radius 2 is 1.83 bits per heavy atom. The van der Waals surface area contributed by atoms with Crippen LogP contribution in [0.1, 0.15) is 47.5 Å². The van der Waals surface area contributed by atoms with Gasteiger partial charge in [0, 0.05) is 6.04 Å². The third-order valence-electron chi connectivity index (χ3n) is 2.56. The van der Waals surface area contributed by atoms with Crippen molar-refractivity contribution in [3.8, 4) is 0 Å². The molecule has 18 heavy (non-hydrogen) atoms. The minimum atomic E-state index is -1.02. The van der Waals surface area contributed by atoms with Crippen LogP contribution in [-0.4, -0.2) is 34.4 Å². The van der Waals surface area contributed by atoms with Crippen molar-refractivity contribution in [2.45, 2.75) is 64.6 Å². The molecule has 0 rings (SSSR count). The molecule has 0 fully saturated rings. The Kier molecular flexibility index (Phi) is 5.60. The number of ether oxygens (including phenoxy) is 1. The molecule has 4 N–H and O–H groups in total. The standard InChI is InChI=1S/C12H24N2O4/c1-6-8(13)12(5,7-9(15)16)14-10(17)18-11(2,3)4/h8H,6-7,13H2,1-5H3,(H,14,17)(H,15,16). The zero-order valence-electron chi connectivity index (χ0n) is 11.7. The topological polar surface area (TPSA) is 102 Å². The third-order valence-corrected chi connectivity index (χ3v) is 2.56. The minimum absolute atomic E-state index is 0.249. The zero-order chi connectivity index (χ0) is 14.6. The van der Waals surface area contributed by atoms with Gasteiger partial charge in [0.25, 0.3) is 0 Å². The number of hydrogen-bond donors (Lipinski definition) is 3. The number of rotatable bonds is 5. The molecule has 0 aromatic carbocycles. The summed E-state index contributed by atoms with van der Waals surface area (Å²) in [6, 6.07) is -0.457. The van der Waals surface area contributed by atoms with Crippen molar-refractivity contribution in [2.24, 2.45) is 5.73 Å². The van der Waals surface area contributed by atoms with Crippen molar-refractivity contribution < 1.29 is 19.4 Å². The van der Waals surface area contributed by atoms with Gasteiger partial charge in [-0.1, -0.05) is 6.92 Å². The number of nitrogens with two attached hydrogens (primary N) is 1. The summed E-state index contributed by atoms with van der Waals surface area (Å²) in [5, 5.41) is 11.5. The van der Waals surface area contributed by atoms with Crippen molar-refractivity contribution >= 4 is 12.1 Å². The summed E-state index contributed by atoms with van der Waals surface area (Å²) in [6.45, 7) is 8.66. The molecule has 6 heteroatoms. The SMILES string of the molecule is CCC(N)C(C)(CC(=O)O)NC(=O)OC(C)(C)C. The highest BCUT2D eigenvalue weighted by atomic mass is 16.6. The van der Waals surface area contributed by atoms with Gasteiger partial charge in [0.1, 0.15) is 5.60 Å². The van der Waals surface area contributed by atoms with E-state index in [1.54, 1.807) is 27.7 Å². The normalized spacial score (nSPS) is 16.6. The Bertz CT molecular complexity index is 312. The Hall–Kier alpha value is -1.30. The summed E-state index contributed by atoms with van der Waals surface area (Å²) >= 11 is 0. The summed E-state index contributed by atoms with van der Waals surface area (Å²) < 4.78 is 5.11. The van der Waals surface area contributed by atoms with Crippen LogP contribution in [-0.2, 0) is 9.53 Å². The summed E-state index contributed by atoms with van der Waals surface area (Å²) in [5.74, 6) is -1.02. The average Bonchev–Trinajstić information content (AvgIpc) is 2.11. The number of hydrogen-bond acceptors (Lipinski definition) is 4. The molecule has 6 nitrogen and oxygen atoms in total. The summed E-state index contributed by atoms with van der Waals surface area (Å²) in [4.78, 5) is 22.5. The fraction of sp³-hybridized carbons (Fsp3) is 0.833. The van der Waals surface area contributed by atoms with E-state index in [1.165, 1.54) is 0 Å². The number of aliphatic carboxylic acids is 1. The lowest BCUT2D eigenvalue weighted by Gasteiger charge is -2.35. The number of carbonyl (C=O) groups is 2. The Morgan fingerprint density at radius 1 is 1.33 bits per heavy atom. The van der Waals surface area contributed by atoms with E-state index in [4.69, 9.17) is 15.6 Å². The zero-order valence-corrected chi connectivity index (χ0v) is 11.7. The van der Waals surface area contributed by atoms with Crippen LogP contribution in [0.25, 0.3) is 0 Å². The first-order valence-corrected chi connectivity index (χ1v) is 5.98. The number of carboxylic acids is 1. The van der Waals surface area contributed by atoms with Crippen molar-refractivity contribution in [1.29, 1.82) is 0 Å². The lowest BCUT2D eigenvalue weighted by atomic mass is 9.87. The molecule has 0 spiro atoms. The van der Waals surface area contributed by atoms with Crippen LogP contribution < -0.4 is 11.1 Å². The summed E-state index contributed by atoms with van der Waals surface area (Å²) in [5.41, 5.74) is 4.22. The molecule has 0 saturated heterocycles. The first-order valence-electron chi connectivity index (χ1n) is 5.98. The molecule has 2 atom stereocenters. The molecule has 106 valence electrons. The monoisotopic (exact) mass is 260 g/mol. The fourth-order valence-corrected chi connectivity index (χ4v) is 1.57. The van der Waals surface area contributed by atoms with Gasteiger partial charge in [-0.05, 0) is 34.1 Å². The largest absolute Gasteiger partial charge is 0.481 e. The van der Waals surface area contributed by atoms with E-state index in [2.05, 4.69) is 5.32 Å². The number of alkyl carbamates (subject to hydrolysis) is 1. The van der Waals surface area contributed by atoms with Gasteiger partial charge in [0.15, 0.2) is 0 Å². The van der Waals surface area contributed by atoms with Gasteiger partial charge in [-0.15, -0.1) is 0 Å². The van der Waals surface area contributed by atoms with E-state index in [0.29, 0.717) is 6.42 Å². The number of carboxylic acid groups (broad SMARTS) is 1. The fourth-order valence-electron chi connectivity index (χ4n) is 1.57. The molecule has 1 amide bonds.